The molecule has 242 valence electrons. The van der Waals surface area contributed by atoms with Gasteiger partial charge in [-0.2, -0.15) is 47.1 Å². The summed E-state index contributed by atoms with van der Waals surface area (Å²) in [6.45, 7) is 0. The first-order chi connectivity index (χ1) is 19.8. The van der Waals surface area contributed by atoms with Gasteiger partial charge in [-0.15, -0.1) is 0 Å². The first-order valence-corrected chi connectivity index (χ1v) is 15.5. The van der Waals surface area contributed by atoms with E-state index in [-0.39, 0.29) is 71.7 Å². The molecule has 0 aliphatic heterocycles. The van der Waals surface area contributed by atoms with Crippen molar-refractivity contribution in [3.8, 4) is 18.2 Å². The van der Waals surface area contributed by atoms with Gasteiger partial charge in [-0.05, 0) is 36.4 Å². The average Bonchev–Trinajstić information content (AvgIpc) is 2.87. The van der Waals surface area contributed by atoms with Crippen molar-refractivity contribution >= 4 is 103 Å². The molecule has 22 nitrogen and oxygen atoms in total. The second-order valence-corrected chi connectivity index (χ2v) is 9.35. The molecule has 0 aliphatic carbocycles. The SMILES string of the molecule is N#Cc1ccccn1.N#Cc1ccccn1.N#Cc1ccccn1.O=P([O-])([O-])[O-].O=P([O-])([O-])[O-].O=P([O-])([O-])[O-].O=P([O-])([O-])[O-].[Sn+4].[Sn+4].[Sn+4]. The molecule has 0 spiro atoms. The van der Waals surface area contributed by atoms with Gasteiger partial charge >= 0.3 is 71.7 Å². The van der Waals surface area contributed by atoms with Crippen molar-refractivity contribution in [2.24, 2.45) is 0 Å². The summed E-state index contributed by atoms with van der Waals surface area (Å²) < 4.78 is 34.2. The van der Waals surface area contributed by atoms with Crippen LogP contribution in [0.15, 0.2) is 73.2 Å². The van der Waals surface area contributed by atoms with Gasteiger partial charge < -0.3 is 77.0 Å². The van der Waals surface area contributed by atoms with Crippen molar-refractivity contribution < 1.29 is 77.0 Å². The van der Waals surface area contributed by atoms with Gasteiger partial charge in [-0.1, -0.05) is 18.2 Å². The second kappa shape index (κ2) is 34.6. The van der Waals surface area contributed by atoms with Gasteiger partial charge in [0.05, 0.1) is 0 Å². The molecule has 3 rings (SSSR count). The maximum atomic E-state index is 8.55. The smallest absolute Gasteiger partial charge is 0.822 e. The molecule has 0 saturated heterocycles. The summed E-state index contributed by atoms with van der Waals surface area (Å²) in [5.41, 5.74) is 1.40. The van der Waals surface area contributed by atoms with Crippen LogP contribution in [0.5, 0.6) is 0 Å². The van der Waals surface area contributed by atoms with Crippen molar-refractivity contribution in [1.82, 2.24) is 15.0 Å². The zero-order valence-corrected chi connectivity index (χ0v) is 34.6. The van der Waals surface area contributed by atoms with Crippen molar-refractivity contribution in [1.29, 1.82) is 15.8 Å². The number of phosphoric acid groups is 4. The summed E-state index contributed by atoms with van der Waals surface area (Å²) in [6.07, 6.45) is 4.79. The number of nitriles is 3. The Bertz CT molecular complexity index is 1260. The van der Waals surface area contributed by atoms with E-state index in [1.54, 1.807) is 73.2 Å². The van der Waals surface area contributed by atoms with Crippen LogP contribution in [0.4, 0.5) is 0 Å². The van der Waals surface area contributed by atoms with Gasteiger partial charge in [0, 0.05) is 18.6 Å². The number of aromatic nitrogens is 3. The van der Waals surface area contributed by atoms with Crippen LogP contribution in [0.2, 0.25) is 0 Å². The van der Waals surface area contributed by atoms with Gasteiger partial charge in [0.15, 0.2) is 0 Å². The van der Waals surface area contributed by atoms with Crippen LogP contribution in [0.3, 0.4) is 0 Å². The fourth-order valence-corrected chi connectivity index (χ4v) is 1.29. The molecule has 0 unspecified atom stereocenters. The molecule has 0 radical (unpaired) electrons. The molecule has 3 aromatic rings. The van der Waals surface area contributed by atoms with Crippen LogP contribution >= 0.6 is 31.3 Å². The van der Waals surface area contributed by atoms with Crippen molar-refractivity contribution in [2.75, 3.05) is 0 Å². The molecule has 0 aromatic carbocycles. The Kier molecular flexibility index (Phi) is 44.9. The van der Waals surface area contributed by atoms with E-state index in [9.17, 15) is 0 Å². The topological polar surface area (TPSA) is 455 Å². The molecule has 3 heterocycles. The molecular formula is C18H12N6O16P4Sn3. The molecule has 0 saturated carbocycles. The van der Waals surface area contributed by atoms with E-state index >= 15 is 0 Å². The quantitative estimate of drug-likeness (QED) is 0.149. The zero-order chi connectivity index (χ0) is 35.5. The van der Waals surface area contributed by atoms with E-state index in [0.717, 1.165) is 0 Å². The van der Waals surface area contributed by atoms with Gasteiger partial charge in [0.2, 0.25) is 0 Å². The van der Waals surface area contributed by atoms with Crippen LogP contribution in [-0.2, 0) is 18.3 Å². The summed E-state index contributed by atoms with van der Waals surface area (Å²) in [7, 11) is -21.6. The van der Waals surface area contributed by atoms with Crippen LogP contribution in [0, 0.1) is 34.0 Å². The molecule has 0 bridgehead atoms. The Morgan fingerprint density at radius 3 is 0.617 bits per heavy atom. The van der Waals surface area contributed by atoms with E-state index in [1.165, 1.54) is 0 Å². The fourth-order valence-electron chi connectivity index (χ4n) is 1.29. The standard InChI is InChI=1S/3C6H4N2.4H3O4P.3Sn/c3*7-5-6-3-1-2-4-8-6;4*1-5(2,3)4;;;/h3*1-4H;4*(H3,1,2,3,4);;;/q;;;;;;;3*+4/p-12. The van der Waals surface area contributed by atoms with Crippen LogP contribution in [-0.4, -0.2) is 86.7 Å². The minimum Gasteiger partial charge on any atom is -0.822 e. The molecule has 29 heteroatoms. The molecule has 3 aromatic heterocycles. The third kappa shape index (κ3) is 98.9. The predicted octanol–water partition coefficient (Wildman–Crippen LogP) is -9.58. The van der Waals surface area contributed by atoms with Crippen molar-refractivity contribution in [3.05, 3.63) is 90.3 Å². The first kappa shape index (κ1) is 61.0. The van der Waals surface area contributed by atoms with Gasteiger partial charge in [0.1, 0.15) is 35.3 Å². The Morgan fingerprint density at radius 2 is 0.553 bits per heavy atom. The Balaban J connectivity index is -0.0000000797. The minimum atomic E-state index is -5.39. The summed E-state index contributed by atoms with van der Waals surface area (Å²) in [6, 6.07) is 21.4. The van der Waals surface area contributed by atoms with Crippen LogP contribution < -0.4 is 58.7 Å². The number of pyridine rings is 3. The molecule has 0 atom stereocenters. The number of hydrogen-bond acceptors (Lipinski definition) is 22. The van der Waals surface area contributed by atoms with Gasteiger partial charge in [0.25, 0.3) is 0 Å². The number of rotatable bonds is 0. The van der Waals surface area contributed by atoms with Gasteiger partial charge in [-0.25, -0.2) is 15.0 Å². The maximum Gasteiger partial charge on any atom is 4.00 e. The minimum absolute atomic E-state index is 0. The Labute approximate surface area is 316 Å². The van der Waals surface area contributed by atoms with E-state index < -0.39 is 31.3 Å². The fraction of sp³-hybridized carbons (Fsp3) is 0. The van der Waals surface area contributed by atoms with E-state index in [1.807, 2.05) is 18.2 Å². The Hall–Kier alpha value is -1.24. The summed E-state index contributed by atoms with van der Waals surface area (Å²) in [4.78, 5) is 114. The molecule has 0 amide bonds. The summed E-state index contributed by atoms with van der Waals surface area (Å²) in [5.74, 6) is 0. The number of nitrogens with zero attached hydrogens (tertiary/aromatic N) is 6. The third-order valence-corrected chi connectivity index (χ3v) is 2.34. The van der Waals surface area contributed by atoms with E-state index in [2.05, 4.69) is 15.0 Å². The Morgan fingerprint density at radius 1 is 0.404 bits per heavy atom. The van der Waals surface area contributed by atoms with Crippen LogP contribution in [0.1, 0.15) is 17.1 Å². The largest absolute Gasteiger partial charge is 4.00 e. The second-order valence-electron chi connectivity index (χ2n) is 5.77. The van der Waals surface area contributed by atoms with E-state index in [4.69, 9.17) is 92.8 Å². The monoisotopic (exact) mass is 1050 g/mol. The van der Waals surface area contributed by atoms with E-state index in [0.29, 0.717) is 17.1 Å². The predicted molar refractivity (Wildman–Crippen MR) is 135 cm³/mol. The van der Waals surface area contributed by atoms with Crippen LogP contribution in [0.25, 0.3) is 0 Å². The molecule has 0 N–H and O–H groups in total. The molecule has 0 fully saturated rings. The maximum absolute atomic E-state index is 8.55. The molecule has 0 aliphatic rings. The molecular weight excluding hydrogens is 1040 g/mol. The van der Waals surface area contributed by atoms with Gasteiger partial charge in [-0.3, -0.25) is 0 Å². The third-order valence-electron chi connectivity index (χ3n) is 2.34. The summed E-state index contributed by atoms with van der Waals surface area (Å²) >= 11 is 0. The normalized spacial score (nSPS) is 9.04. The van der Waals surface area contributed by atoms with Crippen molar-refractivity contribution in [2.45, 2.75) is 0 Å². The van der Waals surface area contributed by atoms with Crippen molar-refractivity contribution in [3.63, 3.8) is 0 Å². The molecule has 47 heavy (non-hydrogen) atoms. The summed E-state index contributed by atoms with van der Waals surface area (Å²) in [5, 5.41) is 24.7. The first-order valence-electron chi connectivity index (χ1n) is 9.65. The average molecular weight is 1050 g/mol. The zero-order valence-electron chi connectivity index (χ0n) is 22.4. The number of hydrogen-bond donors (Lipinski definition) is 0.